The number of nitrogens with one attached hydrogen (secondary N) is 1. The fraction of sp³-hybridized carbons (Fsp3) is 0.286. The first-order chi connectivity index (χ1) is 9.11. The number of rotatable bonds is 5. The van der Waals surface area contributed by atoms with Crippen molar-refractivity contribution >= 4 is 5.91 Å². The van der Waals surface area contributed by atoms with Crippen LogP contribution in [0.4, 0.5) is 0 Å². The van der Waals surface area contributed by atoms with Crippen molar-refractivity contribution in [2.24, 2.45) is 5.73 Å². The molecule has 100 valence electrons. The van der Waals surface area contributed by atoms with Crippen LogP contribution in [-0.2, 0) is 0 Å². The number of nitrogens with two attached hydrogens (primary N) is 1. The molecule has 0 bridgehead atoms. The van der Waals surface area contributed by atoms with Crippen LogP contribution < -0.4 is 11.1 Å². The van der Waals surface area contributed by atoms with Crippen molar-refractivity contribution in [2.75, 3.05) is 6.54 Å². The molecule has 19 heavy (non-hydrogen) atoms. The van der Waals surface area contributed by atoms with E-state index < -0.39 is 5.91 Å². The second kappa shape index (κ2) is 5.67. The summed E-state index contributed by atoms with van der Waals surface area (Å²) >= 11 is 0. The van der Waals surface area contributed by atoms with Crippen LogP contribution in [0.1, 0.15) is 35.9 Å². The van der Waals surface area contributed by atoms with E-state index in [0.717, 1.165) is 12.2 Å². The molecule has 0 aliphatic rings. The summed E-state index contributed by atoms with van der Waals surface area (Å²) in [5.41, 5.74) is 7.57. The number of hydrogen-bond acceptors (Lipinski definition) is 3. The van der Waals surface area contributed by atoms with Crippen LogP contribution in [0.25, 0.3) is 5.69 Å². The van der Waals surface area contributed by atoms with Gasteiger partial charge in [0, 0.05) is 12.2 Å². The molecule has 1 unspecified atom stereocenters. The van der Waals surface area contributed by atoms with Gasteiger partial charge in [0.05, 0.1) is 5.69 Å². The van der Waals surface area contributed by atoms with Crippen molar-refractivity contribution in [3.63, 3.8) is 0 Å². The summed E-state index contributed by atoms with van der Waals surface area (Å²) in [6.45, 7) is 5.14. The Morgan fingerprint density at radius 3 is 2.58 bits per heavy atom. The summed E-state index contributed by atoms with van der Waals surface area (Å²) in [5, 5.41) is 7.47. The highest BCUT2D eigenvalue weighted by molar-refractivity contribution is 5.90. The van der Waals surface area contributed by atoms with Crippen molar-refractivity contribution in [3.05, 3.63) is 47.8 Å². The van der Waals surface area contributed by atoms with Gasteiger partial charge in [-0.2, -0.15) is 5.10 Å². The largest absolute Gasteiger partial charge is 0.364 e. The van der Waals surface area contributed by atoms with Gasteiger partial charge in [-0.25, -0.2) is 4.68 Å². The summed E-state index contributed by atoms with van der Waals surface area (Å²) in [4.78, 5) is 11.0. The van der Waals surface area contributed by atoms with Gasteiger partial charge in [-0.3, -0.25) is 4.79 Å². The molecule has 0 saturated heterocycles. The van der Waals surface area contributed by atoms with Crippen LogP contribution in [0, 0.1) is 0 Å². The Bertz CT molecular complexity index is 559. The van der Waals surface area contributed by atoms with Gasteiger partial charge in [0.2, 0.25) is 0 Å². The zero-order chi connectivity index (χ0) is 13.8. The second-order valence-corrected chi connectivity index (χ2v) is 4.38. The monoisotopic (exact) mass is 258 g/mol. The lowest BCUT2D eigenvalue weighted by Gasteiger charge is -2.13. The van der Waals surface area contributed by atoms with Gasteiger partial charge >= 0.3 is 0 Å². The summed E-state index contributed by atoms with van der Waals surface area (Å²) in [6.07, 6.45) is 1.73. The topological polar surface area (TPSA) is 72.9 Å². The van der Waals surface area contributed by atoms with E-state index in [1.165, 1.54) is 5.56 Å². The molecule has 5 nitrogen and oxygen atoms in total. The molecule has 1 aromatic carbocycles. The zero-order valence-electron chi connectivity index (χ0n) is 11.1. The first kappa shape index (κ1) is 13.3. The minimum atomic E-state index is -0.517. The van der Waals surface area contributed by atoms with Gasteiger partial charge in [-0.1, -0.05) is 19.1 Å². The van der Waals surface area contributed by atoms with E-state index in [0.29, 0.717) is 6.04 Å². The van der Waals surface area contributed by atoms with Gasteiger partial charge in [-0.15, -0.1) is 0 Å². The molecule has 0 radical (unpaired) electrons. The van der Waals surface area contributed by atoms with Crippen LogP contribution in [0.15, 0.2) is 36.5 Å². The third-order valence-corrected chi connectivity index (χ3v) is 3.01. The Hall–Kier alpha value is -2.14. The summed E-state index contributed by atoms with van der Waals surface area (Å²) in [5.74, 6) is -0.517. The fourth-order valence-corrected chi connectivity index (χ4v) is 1.94. The molecule has 0 aliphatic carbocycles. The third-order valence-electron chi connectivity index (χ3n) is 3.01. The summed E-state index contributed by atoms with van der Waals surface area (Å²) in [7, 11) is 0. The molecule has 1 aromatic heterocycles. The number of hydrogen-bond donors (Lipinski definition) is 2. The maximum atomic E-state index is 11.0. The number of aromatic nitrogens is 2. The molecule has 0 fully saturated rings. The lowest BCUT2D eigenvalue weighted by Crippen LogP contribution is -2.17. The Kier molecular flexibility index (Phi) is 3.97. The first-order valence-electron chi connectivity index (χ1n) is 6.31. The number of nitrogens with zero attached hydrogens (tertiary/aromatic N) is 2. The predicted molar refractivity (Wildman–Crippen MR) is 74.2 cm³/mol. The van der Waals surface area contributed by atoms with E-state index in [1.807, 2.05) is 24.3 Å². The molecule has 5 heteroatoms. The molecule has 0 spiro atoms. The third kappa shape index (κ3) is 3.00. The highest BCUT2D eigenvalue weighted by atomic mass is 16.1. The minimum Gasteiger partial charge on any atom is -0.364 e. The Morgan fingerprint density at radius 2 is 2.05 bits per heavy atom. The van der Waals surface area contributed by atoms with Crippen LogP contribution in [0.5, 0.6) is 0 Å². The minimum absolute atomic E-state index is 0.269. The van der Waals surface area contributed by atoms with Gasteiger partial charge in [-0.05, 0) is 37.2 Å². The van der Waals surface area contributed by atoms with Gasteiger partial charge in [0.15, 0.2) is 0 Å². The lowest BCUT2D eigenvalue weighted by molar-refractivity contribution is 0.0995. The molecule has 1 amide bonds. The molecule has 0 saturated carbocycles. The Balaban J connectivity index is 2.19. The molecular weight excluding hydrogens is 240 g/mol. The van der Waals surface area contributed by atoms with E-state index in [4.69, 9.17) is 5.73 Å². The molecule has 3 N–H and O–H groups in total. The fourth-order valence-electron chi connectivity index (χ4n) is 1.94. The highest BCUT2D eigenvalue weighted by Crippen LogP contribution is 2.15. The maximum Gasteiger partial charge on any atom is 0.269 e. The molecule has 2 aromatic rings. The average Bonchev–Trinajstić information content (AvgIpc) is 2.89. The second-order valence-electron chi connectivity index (χ2n) is 4.38. The molecule has 0 aliphatic heterocycles. The van der Waals surface area contributed by atoms with Crippen molar-refractivity contribution in [2.45, 2.75) is 19.9 Å². The SMILES string of the molecule is CCNC(C)c1ccc(-n2ccc(C(N)=O)n2)cc1. The molecule has 2 rings (SSSR count). The quantitative estimate of drug-likeness (QED) is 0.856. The van der Waals surface area contributed by atoms with E-state index in [1.54, 1.807) is 16.9 Å². The summed E-state index contributed by atoms with van der Waals surface area (Å²) in [6, 6.07) is 9.97. The van der Waals surface area contributed by atoms with Crippen LogP contribution in [0.2, 0.25) is 0 Å². The first-order valence-corrected chi connectivity index (χ1v) is 6.31. The maximum absolute atomic E-state index is 11.0. The smallest absolute Gasteiger partial charge is 0.269 e. The van der Waals surface area contributed by atoms with E-state index in [2.05, 4.69) is 24.3 Å². The standard InChI is InChI=1S/C14H18N4O/c1-3-16-10(2)11-4-6-12(7-5-11)18-9-8-13(17-18)14(15)19/h4-10,16H,3H2,1-2H3,(H2,15,19). The lowest BCUT2D eigenvalue weighted by atomic mass is 10.1. The van der Waals surface area contributed by atoms with Gasteiger partial charge < -0.3 is 11.1 Å². The van der Waals surface area contributed by atoms with Crippen LogP contribution >= 0.6 is 0 Å². The summed E-state index contributed by atoms with van der Waals surface area (Å²) < 4.78 is 1.64. The molecule has 1 heterocycles. The average molecular weight is 258 g/mol. The van der Waals surface area contributed by atoms with E-state index in [9.17, 15) is 4.79 Å². The highest BCUT2D eigenvalue weighted by Gasteiger charge is 2.07. The zero-order valence-corrected chi connectivity index (χ0v) is 11.1. The Morgan fingerprint density at radius 1 is 1.37 bits per heavy atom. The number of primary amides is 1. The van der Waals surface area contributed by atoms with Crippen molar-refractivity contribution in [3.8, 4) is 5.69 Å². The number of carbonyl (C=O) groups is 1. The van der Waals surface area contributed by atoms with Crippen molar-refractivity contribution in [1.82, 2.24) is 15.1 Å². The van der Waals surface area contributed by atoms with Crippen molar-refractivity contribution in [1.29, 1.82) is 0 Å². The number of amides is 1. The van der Waals surface area contributed by atoms with Gasteiger partial charge in [0.1, 0.15) is 5.69 Å². The van der Waals surface area contributed by atoms with Crippen LogP contribution in [-0.4, -0.2) is 22.2 Å². The normalized spacial score (nSPS) is 12.3. The number of benzene rings is 1. The number of carbonyl (C=O) groups excluding carboxylic acids is 1. The molecular formula is C14H18N4O. The van der Waals surface area contributed by atoms with E-state index >= 15 is 0 Å². The van der Waals surface area contributed by atoms with Crippen molar-refractivity contribution < 1.29 is 4.79 Å². The Labute approximate surface area is 112 Å². The van der Waals surface area contributed by atoms with Gasteiger partial charge in [0.25, 0.3) is 5.91 Å². The predicted octanol–water partition coefficient (Wildman–Crippen LogP) is 1.64. The van der Waals surface area contributed by atoms with E-state index in [-0.39, 0.29) is 5.69 Å². The molecule has 1 atom stereocenters. The van der Waals surface area contributed by atoms with Crippen LogP contribution in [0.3, 0.4) is 0 Å².